The van der Waals surface area contributed by atoms with E-state index in [4.69, 9.17) is 8.84 Å². The van der Waals surface area contributed by atoms with Crippen molar-refractivity contribution >= 4 is 19.9 Å². The second-order valence-corrected chi connectivity index (χ2v) is 16.2. The summed E-state index contributed by atoms with van der Waals surface area (Å²) in [4.78, 5) is 21.7. The summed E-state index contributed by atoms with van der Waals surface area (Å²) < 4.78 is 12.3. The summed E-state index contributed by atoms with van der Waals surface area (Å²) in [6, 6.07) is 1.94. The summed E-state index contributed by atoms with van der Waals surface area (Å²) in [5.74, 6) is 1.21. The molecular formula is C26H41N3O4Si. The van der Waals surface area contributed by atoms with Gasteiger partial charge in [-0.3, -0.25) is 4.79 Å². The van der Waals surface area contributed by atoms with Crippen LogP contribution in [0.2, 0.25) is 16.6 Å². The maximum atomic E-state index is 13.3. The zero-order valence-corrected chi connectivity index (χ0v) is 22.7. The van der Waals surface area contributed by atoms with Gasteiger partial charge in [0.1, 0.15) is 12.1 Å². The second-order valence-electron chi connectivity index (χ2n) is 10.8. The van der Waals surface area contributed by atoms with E-state index in [0.29, 0.717) is 40.5 Å². The summed E-state index contributed by atoms with van der Waals surface area (Å²) in [5.41, 5.74) is 2.71. The van der Waals surface area contributed by atoms with Gasteiger partial charge in [-0.15, -0.1) is 0 Å². The van der Waals surface area contributed by atoms with Crippen molar-refractivity contribution in [2.75, 3.05) is 11.9 Å². The first-order chi connectivity index (χ1) is 16.1. The second kappa shape index (κ2) is 11.1. The molecule has 0 aliphatic heterocycles. The van der Waals surface area contributed by atoms with Crippen LogP contribution in [0.3, 0.4) is 0 Å². The largest absolute Gasteiger partial charge is 0.460 e. The van der Waals surface area contributed by atoms with Crippen molar-refractivity contribution in [1.29, 1.82) is 0 Å². The van der Waals surface area contributed by atoms with Crippen LogP contribution in [0.25, 0.3) is 0 Å². The van der Waals surface area contributed by atoms with Crippen LogP contribution in [0.5, 0.6) is 0 Å². The normalized spacial score (nSPS) is 21.1. The Labute approximate surface area is 204 Å². The molecule has 188 valence electrons. The number of furan rings is 1. The Balaban J connectivity index is 1.74. The SMILES string of the molecule is CC(C)[Si](OCc1coc(C(=O)c2cncnc2N[C@@H]2C[C@H](CO)[C@@H](C)C2)c1)(C(C)C)C(C)C. The van der Waals surface area contributed by atoms with Crippen molar-refractivity contribution < 1.29 is 18.7 Å². The molecule has 1 fully saturated rings. The molecule has 0 aromatic carbocycles. The highest BCUT2D eigenvalue weighted by molar-refractivity contribution is 6.77. The van der Waals surface area contributed by atoms with Gasteiger partial charge in [0.05, 0.1) is 18.4 Å². The molecule has 7 nitrogen and oxygen atoms in total. The number of carbonyl (C=O) groups excluding carboxylic acids is 1. The third kappa shape index (κ3) is 5.44. The Bertz CT molecular complexity index is 937. The molecule has 0 saturated heterocycles. The quantitative estimate of drug-likeness (QED) is 0.305. The third-order valence-electron chi connectivity index (χ3n) is 7.65. The first kappa shape index (κ1) is 26.6. The van der Waals surface area contributed by atoms with Gasteiger partial charge in [0.2, 0.25) is 14.1 Å². The van der Waals surface area contributed by atoms with E-state index in [1.807, 2.05) is 0 Å². The summed E-state index contributed by atoms with van der Waals surface area (Å²) in [7, 11) is -2.01. The first-order valence-electron chi connectivity index (χ1n) is 12.5. The van der Waals surface area contributed by atoms with E-state index in [2.05, 4.69) is 63.8 Å². The van der Waals surface area contributed by atoms with Crippen LogP contribution in [-0.4, -0.2) is 41.8 Å². The lowest BCUT2D eigenvalue weighted by Gasteiger charge is -2.42. The highest BCUT2D eigenvalue weighted by Crippen LogP contribution is 2.42. The number of anilines is 1. The van der Waals surface area contributed by atoms with Gasteiger partial charge in [-0.25, -0.2) is 9.97 Å². The van der Waals surface area contributed by atoms with Crippen molar-refractivity contribution in [2.45, 2.75) is 90.6 Å². The molecule has 0 radical (unpaired) electrons. The number of hydrogen-bond donors (Lipinski definition) is 2. The van der Waals surface area contributed by atoms with Gasteiger partial charge in [0, 0.05) is 24.4 Å². The molecule has 2 aromatic rings. The summed E-state index contributed by atoms with van der Waals surface area (Å²) in [6.07, 6.45) is 6.38. The average Bonchev–Trinajstić information content (AvgIpc) is 3.39. The third-order valence-corrected chi connectivity index (χ3v) is 13.7. The minimum Gasteiger partial charge on any atom is -0.460 e. The van der Waals surface area contributed by atoms with Crippen LogP contribution < -0.4 is 5.32 Å². The molecular weight excluding hydrogens is 446 g/mol. The number of carbonyl (C=O) groups is 1. The van der Waals surface area contributed by atoms with Crippen LogP contribution >= 0.6 is 0 Å². The molecule has 3 rings (SSSR count). The Morgan fingerprint density at radius 3 is 2.47 bits per heavy atom. The average molecular weight is 488 g/mol. The van der Waals surface area contributed by atoms with E-state index in [-0.39, 0.29) is 30.1 Å². The number of aromatic nitrogens is 2. The Kier molecular flexibility index (Phi) is 8.70. The first-order valence-corrected chi connectivity index (χ1v) is 14.7. The number of rotatable bonds is 11. The maximum absolute atomic E-state index is 13.3. The van der Waals surface area contributed by atoms with Crippen LogP contribution in [0.15, 0.2) is 29.3 Å². The minimum atomic E-state index is -2.01. The number of hydrogen-bond acceptors (Lipinski definition) is 7. The smallest absolute Gasteiger partial charge is 0.233 e. The predicted molar refractivity (Wildman–Crippen MR) is 136 cm³/mol. The molecule has 34 heavy (non-hydrogen) atoms. The molecule has 0 amide bonds. The Morgan fingerprint density at radius 1 is 1.21 bits per heavy atom. The molecule has 1 aliphatic carbocycles. The van der Waals surface area contributed by atoms with Crippen LogP contribution in [0.4, 0.5) is 5.82 Å². The number of aliphatic hydroxyl groups is 1. The van der Waals surface area contributed by atoms with Gasteiger partial charge in [-0.1, -0.05) is 48.5 Å². The fraction of sp³-hybridized carbons (Fsp3) is 0.654. The molecule has 2 aromatic heterocycles. The molecule has 1 aliphatic rings. The van der Waals surface area contributed by atoms with Gasteiger partial charge in [-0.2, -0.15) is 0 Å². The van der Waals surface area contributed by atoms with Crippen LogP contribution in [0.1, 0.15) is 83.0 Å². The monoisotopic (exact) mass is 487 g/mol. The van der Waals surface area contributed by atoms with Gasteiger partial charge >= 0.3 is 0 Å². The standard InChI is InChI=1S/C26H41N3O4Si/c1-16(2)34(17(3)4,18(5)6)33-14-20-9-24(32-13-20)25(31)23-11-27-15-28-26(23)29-22-8-19(7)21(10-22)12-30/h9,11,13,15-19,21-22,30H,8,10,12,14H2,1-7H3,(H,27,28,29)/t19-,21+,22-/m0/s1. The van der Waals surface area contributed by atoms with Crippen LogP contribution in [-0.2, 0) is 11.0 Å². The number of nitrogens with one attached hydrogen (secondary N) is 1. The van der Waals surface area contributed by atoms with E-state index in [0.717, 1.165) is 18.4 Å². The van der Waals surface area contributed by atoms with E-state index in [9.17, 15) is 9.90 Å². The Hall–Kier alpha value is -2.03. The van der Waals surface area contributed by atoms with Gasteiger partial charge < -0.3 is 19.3 Å². The number of aliphatic hydroxyl groups excluding tert-OH is 1. The highest BCUT2D eigenvalue weighted by Gasteiger charge is 2.45. The van der Waals surface area contributed by atoms with E-state index in [1.54, 1.807) is 12.3 Å². The lowest BCUT2D eigenvalue weighted by Crippen LogP contribution is -2.47. The number of ketones is 1. The van der Waals surface area contributed by atoms with Gasteiger partial charge in [0.25, 0.3) is 0 Å². The predicted octanol–water partition coefficient (Wildman–Crippen LogP) is 5.81. The lowest BCUT2D eigenvalue weighted by molar-refractivity contribution is 0.101. The molecule has 0 bridgehead atoms. The van der Waals surface area contributed by atoms with Crippen molar-refractivity contribution in [3.8, 4) is 0 Å². The fourth-order valence-corrected chi connectivity index (χ4v) is 11.3. The van der Waals surface area contributed by atoms with Crippen molar-refractivity contribution in [3.63, 3.8) is 0 Å². The lowest BCUT2D eigenvalue weighted by atomic mass is 10.00. The van der Waals surface area contributed by atoms with Gasteiger partial charge in [-0.05, 0) is 47.4 Å². The maximum Gasteiger partial charge on any atom is 0.233 e. The van der Waals surface area contributed by atoms with E-state index in [1.165, 1.54) is 12.5 Å². The molecule has 0 unspecified atom stereocenters. The zero-order chi connectivity index (χ0) is 25.0. The highest BCUT2D eigenvalue weighted by atomic mass is 28.4. The molecule has 1 saturated carbocycles. The zero-order valence-electron chi connectivity index (χ0n) is 21.7. The molecule has 2 heterocycles. The van der Waals surface area contributed by atoms with Gasteiger partial charge in [0.15, 0.2) is 5.76 Å². The summed E-state index contributed by atoms with van der Waals surface area (Å²) in [6.45, 7) is 16.3. The topological polar surface area (TPSA) is 97.5 Å². The minimum absolute atomic E-state index is 0.162. The summed E-state index contributed by atoms with van der Waals surface area (Å²) >= 11 is 0. The van der Waals surface area contributed by atoms with Crippen molar-refractivity contribution in [2.24, 2.45) is 11.8 Å². The Morgan fingerprint density at radius 2 is 1.88 bits per heavy atom. The molecule has 0 spiro atoms. The van der Waals surface area contributed by atoms with E-state index < -0.39 is 8.32 Å². The van der Waals surface area contributed by atoms with Crippen LogP contribution in [0, 0.1) is 11.8 Å². The fourth-order valence-electron chi connectivity index (χ4n) is 5.92. The van der Waals surface area contributed by atoms with Crippen molar-refractivity contribution in [3.05, 3.63) is 41.7 Å². The molecule has 8 heteroatoms. The molecule has 3 atom stereocenters. The number of nitrogens with zero attached hydrogens (tertiary/aromatic N) is 2. The van der Waals surface area contributed by atoms with E-state index >= 15 is 0 Å². The summed E-state index contributed by atoms with van der Waals surface area (Å²) in [5, 5.41) is 13.0. The molecule has 2 N–H and O–H groups in total. The van der Waals surface area contributed by atoms with Crippen molar-refractivity contribution in [1.82, 2.24) is 9.97 Å².